The molecule has 0 fully saturated rings. The number of hydrogen-bond acceptors (Lipinski definition) is 4. The molecule has 1 atom stereocenters. The number of benzene rings is 1. The minimum atomic E-state index is -0.410. The lowest BCUT2D eigenvalue weighted by molar-refractivity contribution is -0.144. The van der Waals surface area contributed by atoms with Gasteiger partial charge < -0.3 is 15.8 Å². The molecule has 0 aliphatic rings. The van der Waals surface area contributed by atoms with Gasteiger partial charge in [-0.3, -0.25) is 9.59 Å². The van der Waals surface area contributed by atoms with E-state index in [1.807, 2.05) is 37.3 Å². The Bertz CT molecular complexity index is 434. The van der Waals surface area contributed by atoms with E-state index < -0.39 is 5.91 Å². The second kappa shape index (κ2) is 9.94. The molecule has 0 saturated carbocycles. The fourth-order valence-corrected chi connectivity index (χ4v) is 1.99. The lowest BCUT2D eigenvalue weighted by atomic mass is 9.95. The van der Waals surface area contributed by atoms with Crippen LogP contribution in [-0.4, -0.2) is 31.6 Å². The van der Waals surface area contributed by atoms with Gasteiger partial charge in [0.15, 0.2) is 0 Å². The molecule has 1 aromatic carbocycles. The van der Waals surface area contributed by atoms with Crippen LogP contribution < -0.4 is 11.1 Å². The van der Waals surface area contributed by atoms with Gasteiger partial charge in [0.05, 0.1) is 19.6 Å². The smallest absolute Gasteiger partial charge is 0.306 e. The molecule has 1 unspecified atom stereocenters. The first-order chi connectivity index (χ1) is 10.1. The van der Waals surface area contributed by atoms with Crippen LogP contribution in [0, 0.1) is 0 Å². The number of hydrogen-bond donors (Lipinski definition) is 2. The summed E-state index contributed by atoms with van der Waals surface area (Å²) < 4.78 is 5.20. The van der Waals surface area contributed by atoms with E-state index in [9.17, 15) is 9.59 Å². The van der Waals surface area contributed by atoms with E-state index in [1.54, 1.807) is 0 Å². The Balaban J connectivity index is 2.55. The predicted molar refractivity (Wildman–Crippen MR) is 81.7 cm³/mol. The maximum absolute atomic E-state index is 11.9. The van der Waals surface area contributed by atoms with Crippen LogP contribution in [0.5, 0.6) is 0 Å². The average molecular weight is 292 g/mol. The molecule has 0 saturated heterocycles. The highest BCUT2D eigenvalue weighted by Gasteiger charge is 2.17. The van der Waals surface area contributed by atoms with Crippen molar-refractivity contribution in [2.75, 3.05) is 19.7 Å². The first-order valence-corrected chi connectivity index (χ1v) is 7.33. The van der Waals surface area contributed by atoms with Crippen molar-refractivity contribution in [2.24, 2.45) is 5.73 Å². The summed E-state index contributed by atoms with van der Waals surface area (Å²) in [5.41, 5.74) is 6.15. The summed E-state index contributed by atoms with van der Waals surface area (Å²) in [4.78, 5) is 22.6. The molecule has 0 aliphatic carbocycles. The third-order valence-corrected chi connectivity index (χ3v) is 3.13. The maximum atomic E-state index is 11.9. The molecule has 0 heterocycles. The Morgan fingerprint density at radius 2 is 2.00 bits per heavy atom. The predicted octanol–water partition coefficient (Wildman–Crippen LogP) is 1.58. The number of unbranched alkanes of at least 4 members (excludes halogenated alkanes) is 1. The largest absolute Gasteiger partial charge is 0.466 e. The highest BCUT2D eigenvalue weighted by Crippen LogP contribution is 2.19. The molecule has 0 radical (unpaired) electrons. The van der Waals surface area contributed by atoms with Crippen molar-refractivity contribution in [3.05, 3.63) is 35.9 Å². The van der Waals surface area contributed by atoms with Crippen molar-refractivity contribution in [2.45, 2.75) is 32.1 Å². The Hall–Kier alpha value is -1.88. The van der Waals surface area contributed by atoms with Crippen LogP contribution in [0.15, 0.2) is 30.3 Å². The van der Waals surface area contributed by atoms with E-state index in [0.29, 0.717) is 19.6 Å². The van der Waals surface area contributed by atoms with Crippen LogP contribution in [0.25, 0.3) is 0 Å². The molecular formula is C16H24N2O3. The van der Waals surface area contributed by atoms with Crippen molar-refractivity contribution in [3.8, 4) is 0 Å². The van der Waals surface area contributed by atoms with E-state index in [-0.39, 0.29) is 18.4 Å². The fraction of sp³-hybridized carbons (Fsp3) is 0.500. The number of carbonyl (C=O) groups is 2. The van der Waals surface area contributed by atoms with Crippen LogP contribution in [0.3, 0.4) is 0 Å². The molecule has 0 bridgehead atoms. The number of primary amides is 1. The molecule has 0 aromatic heterocycles. The first-order valence-electron chi connectivity index (χ1n) is 7.33. The van der Waals surface area contributed by atoms with Gasteiger partial charge in [0.2, 0.25) is 5.91 Å². The summed E-state index contributed by atoms with van der Waals surface area (Å²) in [6, 6.07) is 9.72. The number of ether oxygens (including phenoxy) is 1. The van der Waals surface area contributed by atoms with Crippen molar-refractivity contribution in [3.63, 3.8) is 0 Å². The quantitative estimate of drug-likeness (QED) is 0.507. The van der Waals surface area contributed by atoms with Crippen molar-refractivity contribution in [1.82, 2.24) is 5.32 Å². The minimum Gasteiger partial charge on any atom is -0.466 e. The third-order valence-electron chi connectivity index (χ3n) is 3.13. The molecule has 1 aromatic rings. The summed E-state index contributed by atoms with van der Waals surface area (Å²) in [5, 5.41) is 2.97. The van der Waals surface area contributed by atoms with Gasteiger partial charge in [0, 0.05) is 12.5 Å². The van der Waals surface area contributed by atoms with Gasteiger partial charge >= 0.3 is 5.97 Å². The molecule has 3 N–H and O–H groups in total. The number of nitrogens with one attached hydrogen (secondary N) is 1. The van der Waals surface area contributed by atoms with Gasteiger partial charge in [-0.1, -0.05) is 43.7 Å². The summed E-state index contributed by atoms with van der Waals surface area (Å²) in [7, 11) is 0. The van der Waals surface area contributed by atoms with Crippen molar-refractivity contribution in [1.29, 1.82) is 0 Å². The first kappa shape index (κ1) is 17.2. The molecule has 1 amide bonds. The zero-order valence-corrected chi connectivity index (χ0v) is 12.5. The van der Waals surface area contributed by atoms with Crippen molar-refractivity contribution >= 4 is 11.9 Å². The zero-order chi connectivity index (χ0) is 15.5. The lowest BCUT2D eigenvalue weighted by Gasteiger charge is -2.17. The molecule has 5 heteroatoms. The molecule has 116 valence electrons. The highest BCUT2D eigenvalue weighted by molar-refractivity contribution is 5.76. The van der Waals surface area contributed by atoms with E-state index in [1.165, 1.54) is 0 Å². The van der Waals surface area contributed by atoms with Crippen LogP contribution in [0.4, 0.5) is 0 Å². The summed E-state index contributed by atoms with van der Waals surface area (Å²) >= 11 is 0. The normalized spacial score (nSPS) is 11.9. The Morgan fingerprint density at radius 1 is 1.29 bits per heavy atom. The Morgan fingerprint density at radius 3 is 2.62 bits per heavy atom. The third kappa shape index (κ3) is 7.46. The molecular weight excluding hydrogens is 268 g/mol. The van der Waals surface area contributed by atoms with E-state index in [0.717, 1.165) is 18.4 Å². The van der Waals surface area contributed by atoms with Crippen LogP contribution in [0.1, 0.15) is 37.7 Å². The fourth-order valence-electron chi connectivity index (χ4n) is 1.99. The molecule has 1 rings (SSSR count). The SMILES string of the molecule is CCCCOC(=O)CC(CNCC(N)=O)c1ccccc1. The van der Waals surface area contributed by atoms with Crippen LogP contribution in [-0.2, 0) is 14.3 Å². The number of amides is 1. The van der Waals surface area contributed by atoms with Gasteiger partial charge in [-0.15, -0.1) is 0 Å². The standard InChI is InChI=1S/C16H24N2O3/c1-2-3-9-21-16(20)10-14(11-18-12-15(17)19)13-7-5-4-6-8-13/h4-8,14,18H,2-3,9-12H2,1H3,(H2,17,19). The average Bonchev–Trinajstić information content (AvgIpc) is 2.47. The van der Waals surface area contributed by atoms with E-state index in [2.05, 4.69) is 5.32 Å². The molecule has 5 nitrogen and oxygen atoms in total. The summed E-state index contributed by atoms with van der Waals surface area (Å²) in [5.74, 6) is -0.648. The molecule has 21 heavy (non-hydrogen) atoms. The Kier molecular flexibility index (Phi) is 8.12. The monoisotopic (exact) mass is 292 g/mol. The van der Waals surface area contributed by atoms with Crippen LogP contribution in [0.2, 0.25) is 0 Å². The summed E-state index contributed by atoms with van der Waals surface area (Å²) in [6.07, 6.45) is 2.16. The van der Waals surface area contributed by atoms with Crippen molar-refractivity contribution < 1.29 is 14.3 Å². The van der Waals surface area contributed by atoms with E-state index >= 15 is 0 Å². The van der Waals surface area contributed by atoms with Gasteiger partial charge in [0.1, 0.15) is 0 Å². The van der Waals surface area contributed by atoms with Gasteiger partial charge in [0.25, 0.3) is 0 Å². The van der Waals surface area contributed by atoms with Gasteiger partial charge in [-0.05, 0) is 12.0 Å². The number of nitrogens with two attached hydrogens (primary N) is 1. The number of rotatable bonds is 10. The second-order valence-electron chi connectivity index (χ2n) is 4.98. The number of carbonyl (C=O) groups excluding carboxylic acids is 2. The summed E-state index contributed by atoms with van der Waals surface area (Å²) in [6.45, 7) is 3.13. The number of esters is 1. The zero-order valence-electron chi connectivity index (χ0n) is 12.5. The van der Waals surface area contributed by atoms with E-state index in [4.69, 9.17) is 10.5 Å². The Labute approximate surface area is 125 Å². The minimum absolute atomic E-state index is 0.0281. The highest BCUT2D eigenvalue weighted by atomic mass is 16.5. The molecule has 0 spiro atoms. The topological polar surface area (TPSA) is 81.4 Å². The second-order valence-corrected chi connectivity index (χ2v) is 4.98. The lowest BCUT2D eigenvalue weighted by Crippen LogP contribution is -2.32. The maximum Gasteiger partial charge on any atom is 0.306 e. The van der Waals surface area contributed by atoms with Gasteiger partial charge in [-0.25, -0.2) is 0 Å². The molecule has 0 aliphatic heterocycles. The van der Waals surface area contributed by atoms with Crippen LogP contribution >= 0.6 is 0 Å². The van der Waals surface area contributed by atoms with Gasteiger partial charge in [-0.2, -0.15) is 0 Å².